The standard InChI is InChI=1S/C42H26O/c1-2-10-30-25-32(22-19-27(30)9-1)42-37-14-5-3-12-35(37)41(36-13-4-6-15-38(36)42)29-20-17-28(18-21-29)31-23-24-34-33-11-7-8-16-39(33)43-40(34)26-31/h1-26H/i2D,3D,4D,5D,6D,9D,10D,12D,13D,14D,15D,19D,22D,25D. The molecule has 0 saturated heterocycles. The maximum absolute atomic E-state index is 9.36. The Labute approximate surface area is 268 Å². The van der Waals surface area contributed by atoms with Crippen molar-refractivity contribution < 1.29 is 23.6 Å². The number of fused-ring (bicyclic) bond motifs is 6. The third-order valence-corrected chi connectivity index (χ3v) is 7.81. The van der Waals surface area contributed by atoms with Crippen LogP contribution in [-0.2, 0) is 0 Å². The third-order valence-electron chi connectivity index (χ3n) is 7.81. The highest BCUT2D eigenvalue weighted by atomic mass is 16.3. The highest BCUT2D eigenvalue weighted by Crippen LogP contribution is 2.44. The van der Waals surface area contributed by atoms with Gasteiger partial charge >= 0.3 is 0 Å². The van der Waals surface area contributed by atoms with E-state index in [1.165, 1.54) is 0 Å². The van der Waals surface area contributed by atoms with Gasteiger partial charge in [0.05, 0.1) is 19.2 Å². The molecule has 0 bridgehead atoms. The summed E-state index contributed by atoms with van der Waals surface area (Å²) in [5.41, 5.74) is 2.68. The maximum atomic E-state index is 9.36. The molecule has 1 heterocycles. The Balaban J connectivity index is 1.42. The molecule has 43 heavy (non-hydrogen) atoms. The van der Waals surface area contributed by atoms with E-state index in [-0.39, 0.29) is 49.5 Å². The van der Waals surface area contributed by atoms with Crippen LogP contribution in [0.2, 0.25) is 0 Å². The zero-order valence-corrected chi connectivity index (χ0v) is 22.3. The molecule has 8 aromatic carbocycles. The molecule has 0 aliphatic heterocycles. The summed E-state index contributed by atoms with van der Waals surface area (Å²) in [6, 6.07) is 13.5. The van der Waals surface area contributed by atoms with Crippen LogP contribution in [0.4, 0.5) is 0 Å². The first-order valence-electron chi connectivity index (χ1n) is 20.6. The van der Waals surface area contributed by atoms with E-state index in [0.717, 1.165) is 33.5 Å². The number of furan rings is 1. The van der Waals surface area contributed by atoms with E-state index >= 15 is 0 Å². The summed E-state index contributed by atoms with van der Waals surface area (Å²) < 4.78 is 131. The minimum Gasteiger partial charge on any atom is -0.456 e. The Bertz CT molecular complexity index is 3200. The highest BCUT2D eigenvalue weighted by Gasteiger charge is 2.17. The van der Waals surface area contributed by atoms with Gasteiger partial charge in [0.25, 0.3) is 0 Å². The van der Waals surface area contributed by atoms with E-state index in [9.17, 15) is 8.22 Å². The van der Waals surface area contributed by atoms with Crippen LogP contribution in [0.15, 0.2) is 162 Å². The predicted molar refractivity (Wildman–Crippen MR) is 183 cm³/mol. The van der Waals surface area contributed by atoms with Crippen LogP contribution >= 0.6 is 0 Å². The summed E-state index contributed by atoms with van der Waals surface area (Å²) in [6.45, 7) is 0. The smallest absolute Gasteiger partial charge is 0.136 e. The Kier molecular flexibility index (Phi) is 3.07. The maximum Gasteiger partial charge on any atom is 0.136 e. The molecule has 1 nitrogen and oxygen atoms in total. The van der Waals surface area contributed by atoms with E-state index < -0.39 is 84.1 Å². The van der Waals surface area contributed by atoms with Crippen molar-refractivity contribution >= 4 is 54.3 Å². The summed E-state index contributed by atoms with van der Waals surface area (Å²) in [5.74, 6) is 0. The van der Waals surface area contributed by atoms with Crippen molar-refractivity contribution in [3.63, 3.8) is 0 Å². The number of benzene rings is 8. The summed E-state index contributed by atoms with van der Waals surface area (Å²) in [6.07, 6.45) is 0. The van der Waals surface area contributed by atoms with Crippen LogP contribution in [0.25, 0.3) is 87.6 Å². The molecule has 9 aromatic rings. The van der Waals surface area contributed by atoms with Gasteiger partial charge in [0.2, 0.25) is 0 Å². The second kappa shape index (κ2) is 9.44. The van der Waals surface area contributed by atoms with Gasteiger partial charge in [-0.25, -0.2) is 0 Å². The van der Waals surface area contributed by atoms with E-state index in [0.29, 0.717) is 11.1 Å². The van der Waals surface area contributed by atoms with Gasteiger partial charge in [0.1, 0.15) is 11.2 Å². The van der Waals surface area contributed by atoms with Gasteiger partial charge in [-0.05, 0) is 89.9 Å². The van der Waals surface area contributed by atoms with Crippen LogP contribution < -0.4 is 0 Å². The Morgan fingerprint density at radius 1 is 0.395 bits per heavy atom. The van der Waals surface area contributed by atoms with Crippen LogP contribution in [0.1, 0.15) is 19.2 Å². The van der Waals surface area contributed by atoms with E-state index in [1.807, 2.05) is 42.5 Å². The first-order chi connectivity index (χ1) is 27.1. The SMILES string of the molecule is [2H]c1cc([2H])c2c([2H])c([2H])c(-c3c4c([2H])c([2H])c([2H])c([2H])c4c(-c4ccc(-c5ccc6c(c5)oc5ccccc56)cc4)c4c([2H])c([2H])c([2H])c([2H])c34)c([2H])c2c1[2H]. The Morgan fingerprint density at radius 3 is 1.77 bits per heavy atom. The molecule has 1 heteroatoms. The van der Waals surface area contributed by atoms with Crippen molar-refractivity contribution in [3.05, 3.63) is 157 Å². The minimum absolute atomic E-state index is 0.0649. The first-order valence-corrected chi connectivity index (χ1v) is 13.6. The predicted octanol–water partition coefficient (Wildman–Crippen LogP) is 12.0. The van der Waals surface area contributed by atoms with Crippen molar-refractivity contribution in [2.75, 3.05) is 0 Å². The number of hydrogen-bond acceptors (Lipinski definition) is 1. The lowest BCUT2D eigenvalue weighted by atomic mass is 9.85. The topological polar surface area (TPSA) is 13.1 Å². The van der Waals surface area contributed by atoms with Gasteiger partial charge in [0, 0.05) is 10.8 Å². The fourth-order valence-electron chi connectivity index (χ4n) is 5.85. The second-order valence-electron chi connectivity index (χ2n) is 10.2. The molecule has 0 radical (unpaired) electrons. The van der Waals surface area contributed by atoms with Gasteiger partial charge in [-0.2, -0.15) is 0 Å². The lowest BCUT2D eigenvalue weighted by molar-refractivity contribution is 0.669. The molecule has 200 valence electrons. The molecule has 0 aliphatic rings. The summed E-state index contributed by atoms with van der Waals surface area (Å²) in [7, 11) is 0. The minimum atomic E-state index is -0.677. The average molecular weight is 561 g/mol. The normalized spacial score (nSPS) is 16.3. The molecular formula is C42H26O. The van der Waals surface area contributed by atoms with E-state index in [4.69, 9.17) is 15.4 Å². The molecule has 0 saturated carbocycles. The molecule has 0 unspecified atom stereocenters. The van der Waals surface area contributed by atoms with Crippen LogP contribution in [0, 0.1) is 0 Å². The van der Waals surface area contributed by atoms with Crippen molar-refractivity contribution in [3.8, 4) is 33.4 Å². The van der Waals surface area contributed by atoms with E-state index in [1.54, 1.807) is 24.3 Å². The zero-order chi connectivity index (χ0) is 40.5. The zero-order valence-electron chi connectivity index (χ0n) is 36.3. The van der Waals surface area contributed by atoms with Gasteiger partial charge in [-0.3, -0.25) is 0 Å². The van der Waals surface area contributed by atoms with Crippen molar-refractivity contribution in [2.45, 2.75) is 0 Å². The third kappa shape index (κ3) is 3.79. The van der Waals surface area contributed by atoms with Gasteiger partial charge in [-0.15, -0.1) is 0 Å². The fourth-order valence-corrected chi connectivity index (χ4v) is 5.85. The summed E-state index contributed by atoms with van der Waals surface area (Å²) >= 11 is 0. The summed E-state index contributed by atoms with van der Waals surface area (Å²) in [4.78, 5) is 0. The van der Waals surface area contributed by atoms with Crippen LogP contribution in [0.5, 0.6) is 0 Å². The Morgan fingerprint density at radius 2 is 1.02 bits per heavy atom. The van der Waals surface area contributed by atoms with E-state index in [2.05, 4.69) is 0 Å². The van der Waals surface area contributed by atoms with Crippen molar-refractivity contribution in [1.82, 2.24) is 0 Å². The molecule has 0 spiro atoms. The summed E-state index contributed by atoms with van der Waals surface area (Å²) in [5, 5.41) is 0.582. The lowest BCUT2D eigenvalue weighted by Gasteiger charge is -2.18. The van der Waals surface area contributed by atoms with Crippen LogP contribution in [-0.4, -0.2) is 0 Å². The molecule has 9 rings (SSSR count). The lowest BCUT2D eigenvalue weighted by Crippen LogP contribution is -1.91. The molecule has 0 N–H and O–H groups in total. The number of rotatable bonds is 3. The number of para-hydroxylation sites is 1. The molecular weight excluding hydrogens is 520 g/mol. The van der Waals surface area contributed by atoms with Crippen LogP contribution in [0.3, 0.4) is 0 Å². The monoisotopic (exact) mass is 560 g/mol. The average Bonchev–Trinajstić information content (AvgIpc) is 3.58. The Hall–Kier alpha value is -5.66. The molecule has 0 fully saturated rings. The van der Waals surface area contributed by atoms with Gasteiger partial charge in [-0.1, -0.05) is 133 Å². The van der Waals surface area contributed by atoms with Gasteiger partial charge < -0.3 is 4.42 Å². The first kappa shape index (κ1) is 14.0. The van der Waals surface area contributed by atoms with Crippen molar-refractivity contribution in [2.24, 2.45) is 0 Å². The quantitative estimate of drug-likeness (QED) is 0.196. The molecule has 0 aliphatic carbocycles. The largest absolute Gasteiger partial charge is 0.456 e. The molecule has 1 aromatic heterocycles. The van der Waals surface area contributed by atoms with Crippen molar-refractivity contribution in [1.29, 1.82) is 0 Å². The molecule has 0 amide bonds. The number of hydrogen-bond donors (Lipinski definition) is 0. The van der Waals surface area contributed by atoms with Gasteiger partial charge in [0.15, 0.2) is 0 Å². The second-order valence-corrected chi connectivity index (χ2v) is 10.2. The fraction of sp³-hybridized carbons (Fsp3) is 0. The highest BCUT2D eigenvalue weighted by molar-refractivity contribution is 6.21. The molecule has 0 atom stereocenters.